The first-order valence-corrected chi connectivity index (χ1v) is 4.26. The second-order valence-corrected chi connectivity index (χ2v) is 3.43. The van der Waals surface area contributed by atoms with Crippen LogP contribution in [0.25, 0.3) is 0 Å². The molecule has 3 heteroatoms. The van der Waals surface area contributed by atoms with E-state index in [1.54, 1.807) is 0 Å². The number of ether oxygens (including phenoxy) is 1. The molecule has 66 valence electrons. The summed E-state index contributed by atoms with van der Waals surface area (Å²) in [4.78, 5) is 10.9. The number of esters is 1. The van der Waals surface area contributed by atoms with Crippen molar-refractivity contribution in [3.63, 3.8) is 0 Å². The fourth-order valence-electron chi connectivity index (χ4n) is 2.03. The molecule has 0 aromatic heterocycles. The monoisotopic (exact) mass is 168 g/mol. The molecule has 0 aromatic rings. The Balaban J connectivity index is 2.07. The first-order chi connectivity index (χ1) is 5.81. The molecule has 0 bridgehead atoms. The van der Waals surface area contributed by atoms with Crippen LogP contribution < -0.4 is 0 Å². The third kappa shape index (κ3) is 1.14. The molecule has 0 radical (unpaired) electrons. The number of carbonyl (C=O) groups is 1. The third-order valence-corrected chi connectivity index (χ3v) is 2.76. The lowest BCUT2D eigenvalue weighted by molar-refractivity contribution is -0.151. The van der Waals surface area contributed by atoms with Crippen LogP contribution in [0.4, 0.5) is 0 Å². The van der Waals surface area contributed by atoms with E-state index in [1.165, 1.54) is 0 Å². The summed E-state index contributed by atoms with van der Waals surface area (Å²) in [5.41, 5.74) is 1.05. The normalized spacial score (nSPS) is 34.1. The number of allylic oxidation sites excluding steroid dienone is 1. The van der Waals surface area contributed by atoms with Crippen LogP contribution in [0, 0.1) is 11.8 Å². The number of rotatable bonds is 1. The average Bonchev–Trinajstić information content (AvgIpc) is 2.46. The Hall–Kier alpha value is -0.830. The van der Waals surface area contributed by atoms with Crippen LogP contribution in [0.3, 0.4) is 0 Å². The molecule has 12 heavy (non-hydrogen) atoms. The molecule has 1 aliphatic carbocycles. The van der Waals surface area contributed by atoms with Crippen LogP contribution in [0.1, 0.15) is 12.8 Å². The Labute approximate surface area is 71.0 Å². The SMILES string of the molecule is O=C1CC2CC=C(CO)C2CO1. The lowest BCUT2D eigenvalue weighted by Gasteiger charge is -2.26. The van der Waals surface area contributed by atoms with Crippen LogP contribution in [0.15, 0.2) is 11.6 Å². The van der Waals surface area contributed by atoms with Gasteiger partial charge >= 0.3 is 5.97 Å². The van der Waals surface area contributed by atoms with Crippen LogP contribution in [0.2, 0.25) is 0 Å². The molecule has 1 heterocycles. The molecule has 2 rings (SSSR count). The maximum atomic E-state index is 10.9. The summed E-state index contributed by atoms with van der Waals surface area (Å²) >= 11 is 0. The fourth-order valence-corrected chi connectivity index (χ4v) is 2.03. The number of hydrogen-bond acceptors (Lipinski definition) is 3. The molecule has 0 spiro atoms. The van der Waals surface area contributed by atoms with E-state index in [-0.39, 0.29) is 12.6 Å². The molecule has 0 saturated carbocycles. The maximum Gasteiger partial charge on any atom is 0.306 e. The van der Waals surface area contributed by atoms with Crippen molar-refractivity contribution in [3.05, 3.63) is 11.6 Å². The highest BCUT2D eigenvalue weighted by Gasteiger charge is 2.35. The topological polar surface area (TPSA) is 46.5 Å². The summed E-state index contributed by atoms with van der Waals surface area (Å²) in [5, 5.41) is 8.96. The van der Waals surface area contributed by atoms with Gasteiger partial charge in [0.25, 0.3) is 0 Å². The molecule has 3 nitrogen and oxygen atoms in total. The molecule has 1 aliphatic heterocycles. The summed E-state index contributed by atoms with van der Waals surface area (Å²) in [6.07, 6.45) is 3.48. The van der Waals surface area contributed by atoms with E-state index >= 15 is 0 Å². The smallest absolute Gasteiger partial charge is 0.306 e. The predicted octanol–water partition coefficient (Wildman–Crippen LogP) is 0.488. The standard InChI is InChI=1S/C9H12O3/c10-4-7-2-1-6-3-9(11)12-5-8(6)7/h2,6,8,10H,1,3-5H2. The zero-order valence-electron chi connectivity index (χ0n) is 6.82. The van der Waals surface area contributed by atoms with Gasteiger partial charge < -0.3 is 9.84 Å². The minimum Gasteiger partial charge on any atom is -0.465 e. The van der Waals surface area contributed by atoms with Gasteiger partial charge in [-0.1, -0.05) is 6.08 Å². The van der Waals surface area contributed by atoms with Crippen molar-refractivity contribution < 1.29 is 14.6 Å². The molecule has 0 aromatic carbocycles. The second-order valence-electron chi connectivity index (χ2n) is 3.43. The van der Waals surface area contributed by atoms with Crippen molar-refractivity contribution >= 4 is 5.97 Å². The number of cyclic esters (lactones) is 1. The van der Waals surface area contributed by atoms with Gasteiger partial charge in [0.15, 0.2) is 0 Å². The van der Waals surface area contributed by atoms with Gasteiger partial charge in [-0.2, -0.15) is 0 Å². The average molecular weight is 168 g/mol. The van der Waals surface area contributed by atoms with Crippen molar-refractivity contribution in [1.29, 1.82) is 0 Å². The molecular formula is C9H12O3. The van der Waals surface area contributed by atoms with E-state index in [0.29, 0.717) is 24.9 Å². The van der Waals surface area contributed by atoms with E-state index in [4.69, 9.17) is 9.84 Å². The summed E-state index contributed by atoms with van der Waals surface area (Å²) < 4.78 is 4.93. The summed E-state index contributed by atoms with van der Waals surface area (Å²) in [6.45, 7) is 0.578. The highest BCUT2D eigenvalue weighted by Crippen LogP contribution is 2.37. The lowest BCUT2D eigenvalue weighted by Crippen LogP contribution is -2.29. The van der Waals surface area contributed by atoms with E-state index in [2.05, 4.69) is 0 Å². The first kappa shape index (κ1) is 7.80. The van der Waals surface area contributed by atoms with Gasteiger partial charge in [-0.25, -0.2) is 0 Å². The van der Waals surface area contributed by atoms with Crippen LogP contribution in [-0.2, 0) is 9.53 Å². The van der Waals surface area contributed by atoms with Crippen molar-refractivity contribution in [3.8, 4) is 0 Å². The Morgan fingerprint density at radius 3 is 3.25 bits per heavy atom. The van der Waals surface area contributed by atoms with Crippen molar-refractivity contribution in [2.75, 3.05) is 13.2 Å². The second kappa shape index (κ2) is 2.90. The number of hydrogen-bond donors (Lipinski definition) is 1. The summed E-state index contributed by atoms with van der Waals surface area (Å²) in [5.74, 6) is 0.602. The predicted molar refractivity (Wildman–Crippen MR) is 42.3 cm³/mol. The van der Waals surface area contributed by atoms with Crippen LogP contribution >= 0.6 is 0 Å². The number of aliphatic hydroxyl groups is 1. The molecule has 1 saturated heterocycles. The lowest BCUT2D eigenvalue weighted by atomic mass is 9.88. The highest BCUT2D eigenvalue weighted by molar-refractivity contribution is 5.70. The van der Waals surface area contributed by atoms with Gasteiger partial charge in [0.1, 0.15) is 0 Å². The highest BCUT2D eigenvalue weighted by atomic mass is 16.5. The summed E-state index contributed by atoms with van der Waals surface area (Å²) in [6, 6.07) is 0. The zero-order valence-corrected chi connectivity index (χ0v) is 6.82. The fraction of sp³-hybridized carbons (Fsp3) is 0.667. The Kier molecular flexibility index (Phi) is 1.89. The van der Waals surface area contributed by atoms with E-state index < -0.39 is 0 Å². The Morgan fingerprint density at radius 1 is 1.67 bits per heavy atom. The molecular weight excluding hydrogens is 156 g/mol. The van der Waals surface area contributed by atoms with Crippen LogP contribution in [0.5, 0.6) is 0 Å². The molecule has 1 N–H and O–H groups in total. The zero-order chi connectivity index (χ0) is 8.55. The molecule has 1 fully saturated rings. The van der Waals surface area contributed by atoms with Gasteiger partial charge in [-0.15, -0.1) is 0 Å². The quantitative estimate of drug-likeness (QED) is 0.458. The molecule has 2 atom stereocenters. The van der Waals surface area contributed by atoms with Gasteiger partial charge in [0.2, 0.25) is 0 Å². The molecule has 0 amide bonds. The Morgan fingerprint density at radius 2 is 2.50 bits per heavy atom. The van der Waals surface area contributed by atoms with Crippen molar-refractivity contribution in [1.82, 2.24) is 0 Å². The molecule has 2 aliphatic rings. The number of carbonyl (C=O) groups excluding carboxylic acids is 1. The van der Waals surface area contributed by atoms with E-state index in [9.17, 15) is 4.79 Å². The minimum atomic E-state index is -0.0937. The molecule has 2 unspecified atom stereocenters. The number of fused-ring (bicyclic) bond motifs is 1. The first-order valence-electron chi connectivity index (χ1n) is 4.26. The van der Waals surface area contributed by atoms with Gasteiger partial charge in [0.05, 0.1) is 13.2 Å². The van der Waals surface area contributed by atoms with Crippen molar-refractivity contribution in [2.45, 2.75) is 12.8 Å². The van der Waals surface area contributed by atoms with Gasteiger partial charge in [-0.3, -0.25) is 4.79 Å². The van der Waals surface area contributed by atoms with Gasteiger partial charge in [-0.05, 0) is 17.9 Å². The van der Waals surface area contributed by atoms with E-state index in [0.717, 1.165) is 12.0 Å². The van der Waals surface area contributed by atoms with Crippen molar-refractivity contribution in [2.24, 2.45) is 11.8 Å². The third-order valence-electron chi connectivity index (χ3n) is 2.76. The maximum absolute atomic E-state index is 10.9. The minimum absolute atomic E-state index is 0.0937. The van der Waals surface area contributed by atoms with Gasteiger partial charge in [0, 0.05) is 12.3 Å². The summed E-state index contributed by atoms with van der Waals surface area (Å²) in [7, 11) is 0. The van der Waals surface area contributed by atoms with E-state index in [1.807, 2.05) is 6.08 Å². The van der Waals surface area contributed by atoms with Crippen LogP contribution in [-0.4, -0.2) is 24.3 Å². The number of aliphatic hydroxyl groups excluding tert-OH is 1. The Bertz CT molecular complexity index is 232. The largest absolute Gasteiger partial charge is 0.465 e.